The zero-order chi connectivity index (χ0) is 19.6. The number of ether oxygens (including phenoxy) is 1. The zero-order valence-corrected chi connectivity index (χ0v) is 17.8. The van der Waals surface area contributed by atoms with E-state index in [0.717, 1.165) is 50.9 Å². The minimum absolute atomic E-state index is 0.148. The maximum absolute atomic E-state index is 12.2. The fourth-order valence-electron chi connectivity index (χ4n) is 4.64. The minimum Gasteiger partial charge on any atom is -0.444 e. The van der Waals surface area contributed by atoms with Crippen molar-refractivity contribution in [3.05, 3.63) is 29.3 Å². The van der Waals surface area contributed by atoms with E-state index in [1.165, 1.54) is 29.7 Å². The Balaban J connectivity index is 1.48. The van der Waals surface area contributed by atoms with Gasteiger partial charge in [0.05, 0.1) is 0 Å². The van der Waals surface area contributed by atoms with Crippen LogP contribution in [0.4, 0.5) is 10.5 Å². The van der Waals surface area contributed by atoms with Gasteiger partial charge < -0.3 is 14.5 Å². The summed E-state index contributed by atoms with van der Waals surface area (Å²) >= 11 is 0. The molecular formula is C23H36N2O2. The molecule has 0 bridgehead atoms. The van der Waals surface area contributed by atoms with Gasteiger partial charge in [-0.3, -0.25) is 0 Å². The molecule has 0 aromatic heterocycles. The van der Waals surface area contributed by atoms with Crippen LogP contribution in [0.25, 0.3) is 0 Å². The molecule has 0 unspecified atom stereocenters. The van der Waals surface area contributed by atoms with Crippen molar-refractivity contribution in [2.24, 2.45) is 11.8 Å². The SMILES string of the molecule is Cc1cc(C)cc(N2CCC(C3CCN(C(=O)OC(C)(C)C)CC3)CC2)c1. The molecule has 2 saturated heterocycles. The average Bonchev–Trinajstić information content (AvgIpc) is 2.60. The van der Waals surface area contributed by atoms with Crippen molar-refractivity contribution in [2.75, 3.05) is 31.1 Å². The first-order valence-corrected chi connectivity index (χ1v) is 10.5. The molecule has 0 N–H and O–H groups in total. The lowest BCUT2D eigenvalue weighted by atomic mass is 9.79. The normalized spacial score (nSPS) is 20.0. The highest BCUT2D eigenvalue weighted by Gasteiger charge is 2.32. The predicted molar refractivity (Wildman–Crippen MR) is 111 cm³/mol. The molecule has 1 amide bonds. The minimum atomic E-state index is -0.408. The molecule has 150 valence electrons. The van der Waals surface area contributed by atoms with Crippen LogP contribution in [0.5, 0.6) is 0 Å². The molecule has 0 spiro atoms. The number of hydrogen-bond donors (Lipinski definition) is 0. The quantitative estimate of drug-likeness (QED) is 0.718. The first-order chi connectivity index (χ1) is 12.7. The Labute approximate surface area is 164 Å². The third-order valence-corrected chi connectivity index (χ3v) is 5.97. The summed E-state index contributed by atoms with van der Waals surface area (Å²) in [4.78, 5) is 16.7. The monoisotopic (exact) mass is 372 g/mol. The summed E-state index contributed by atoms with van der Waals surface area (Å²) in [7, 11) is 0. The Bertz CT molecular complexity index is 629. The first kappa shape index (κ1) is 20.0. The lowest BCUT2D eigenvalue weighted by molar-refractivity contribution is 0.0152. The van der Waals surface area contributed by atoms with Gasteiger partial charge in [0.15, 0.2) is 0 Å². The lowest BCUT2D eigenvalue weighted by Gasteiger charge is -2.41. The van der Waals surface area contributed by atoms with Crippen molar-refractivity contribution >= 4 is 11.8 Å². The molecule has 4 heteroatoms. The number of carbonyl (C=O) groups is 1. The highest BCUT2D eigenvalue weighted by molar-refractivity contribution is 5.68. The van der Waals surface area contributed by atoms with Gasteiger partial charge in [-0.1, -0.05) is 6.07 Å². The van der Waals surface area contributed by atoms with Crippen LogP contribution in [0.1, 0.15) is 57.6 Å². The van der Waals surface area contributed by atoms with Crippen molar-refractivity contribution in [1.82, 2.24) is 4.90 Å². The highest BCUT2D eigenvalue weighted by atomic mass is 16.6. The van der Waals surface area contributed by atoms with Crippen LogP contribution in [0, 0.1) is 25.7 Å². The molecule has 0 saturated carbocycles. The fourth-order valence-corrected chi connectivity index (χ4v) is 4.64. The molecule has 2 fully saturated rings. The maximum atomic E-state index is 12.2. The predicted octanol–water partition coefficient (Wildman–Crippen LogP) is 5.17. The van der Waals surface area contributed by atoms with E-state index in [1.807, 2.05) is 25.7 Å². The molecule has 4 nitrogen and oxygen atoms in total. The topological polar surface area (TPSA) is 32.8 Å². The summed E-state index contributed by atoms with van der Waals surface area (Å²) in [6.45, 7) is 14.2. The van der Waals surface area contributed by atoms with Crippen LogP contribution in [-0.4, -0.2) is 42.8 Å². The molecule has 3 rings (SSSR count). The third kappa shape index (κ3) is 5.40. The number of piperidine rings is 2. The zero-order valence-electron chi connectivity index (χ0n) is 17.8. The van der Waals surface area contributed by atoms with Gasteiger partial charge in [-0.2, -0.15) is 0 Å². The van der Waals surface area contributed by atoms with Gasteiger partial charge in [-0.05, 0) is 95.4 Å². The van der Waals surface area contributed by atoms with E-state index in [4.69, 9.17) is 4.74 Å². The second kappa shape index (κ2) is 8.12. The molecule has 27 heavy (non-hydrogen) atoms. The van der Waals surface area contributed by atoms with E-state index in [0.29, 0.717) is 0 Å². The van der Waals surface area contributed by atoms with Gasteiger partial charge in [-0.25, -0.2) is 4.79 Å². The number of nitrogens with zero attached hydrogens (tertiary/aromatic N) is 2. The second-order valence-corrected chi connectivity index (χ2v) is 9.48. The van der Waals surface area contributed by atoms with Gasteiger partial charge in [-0.15, -0.1) is 0 Å². The van der Waals surface area contributed by atoms with E-state index in [1.54, 1.807) is 0 Å². The van der Waals surface area contributed by atoms with Crippen molar-refractivity contribution in [3.8, 4) is 0 Å². The van der Waals surface area contributed by atoms with Crippen LogP contribution >= 0.6 is 0 Å². The average molecular weight is 373 g/mol. The van der Waals surface area contributed by atoms with Crippen LogP contribution < -0.4 is 4.90 Å². The third-order valence-electron chi connectivity index (χ3n) is 5.97. The van der Waals surface area contributed by atoms with Crippen LogP contribution in [0.2, 0.25) is 0 Å². The van der Waals surface area contributed by atoms with E-state index >= 15 is 0 Å². The Kier molecular flexibility index (Phi) is 6.02. The largest absolute Gasteiger partial charge is 0.444 e. The van der Waals surface area contributed by atoms with E-state index in [2.05, 4.69) is 36.9 Å². The molecule has 0 aliphatic carbocycles. The van der Waals surface area contributed by atoms with E-state index in [9.17, 15) is 4.79 Å². The Morgan fingerprint density at radius 2 is 1.37 bits per heavy atom. The van der Waals surface area contributed by atoms with Crippen molar-refractivity contribution in [3.63, 3.8) is 0 Å². The number of benzene rings is 1. The maximum Gasteiger partial charge on any atom is 0.410 e. The van der Waals surface area contributed by atoms with Crippen molar-refractivity contribution < 1.29 is 9.53 Å². The number of likely N-dealkylation sites (tertiary alicyclic amines) is 1. The summed E-state index contributed by atoms with van der Waals surface area (Å²) in [5.74, 6) is 1.55. The lowest BCUT2D eigenvalue weighted by Crippen LogP contribution is -2.44. The smallest absolute Gasteiger partial charge is 0.410 e. The first-order valence-electron chi connectivity index (χ1n) is 10.5. The summed E-state index contributed by atoms with van der Waals surface area (Å²) < 4.78 is 5.52. The Morgan fingerprint density at radius 1 is 0.889 bits per heavy atom. The Hall–Kier alpha value is -1.71. The number of aryl methyl sites for hydroxylation is 2. The molecule has 1 aromatic carbocycles. The van der Waals surface area contributed by atoms with E-state index < -0.39 is 5.60 Å². The van der Waals surface area contributed by atoms with Gasteiger partial charge in [0.25, 0.3) is 0 Å². The summed E-state index contributed by atoms with van der Waals surface area (Å²) in [6, 6.07) is 6.87. The number of rotatable bonds is 2. The molecule has 0 atom stereocenters. The highest BCUT2D eigenvalue weighted by Crippen LogP contribution is 2.34. The molecule has 1 aromatic rings. The van der Waals surface area contributed by atoms with Gasteiger partial charge in [0, 0.05) is 31.9 Å². The van der Waals surface area contributed by atoms with Gasteiger partial charge in [0.2, 0.25) is 0 Å². The summed E-state index contributed by atoms with van der Waals surface area (Å²) in [5.41, 5.74) is 3.67. The Morgan fingerprint density at radius 3 is 1.85 bits per heavy atom. The number of amides is 1. The molecule has 2 aliphatic rings. The van der Waals surface area contributed by atoms with Crippen LogP contribution in [0.15, 0.2) is 18.2 Å². The molecule has 2 aliphatic heterocycles. The molecule has 2 heterocycles. The summed E-state index contributed by atoms with van der Waals surface area (Å²) in [5, 5.41) is 0. The second-order valence-electron chi connectivity index (χ2n) is 9.48. The van der Waals surface area contributed by atoms with Crippen molar-refractivity contribution in [1.29, 1.82) is 0 Å². The fraction of sp³-hybridized carbons (Fsp3) is 0.696. The number of anilines is 1. The molecule has 0 radical (unpaired) electrons. The van der Waals surface area contributed by atoms with Crippen molar-refractivity contribution in [2.45, 2.75) is 65.9 Å². The van der Waals surface area contributed by atoms with Crippen LogP contribution in [-0.2, 0) is 4.74 Å². The van der Waals surface area contributed by atoms with Gasteiger partial charge >= 0.3 is 6.09 Å². The number of hydrogen-bond acceptors (Lipinski definition) is 3. The number of carbonyl (C=O) groups excluding carboxylic acids is 1. The standard InChI is InChI=1S/C23H36N2O2/c1-17-14-18(2)16-21(15-17)24-10-6-19(7-11-24)20-8-12-25(13-9-20)22(26)27-23(3,4)5/h14-16,19-20H,6-13H2,1-5H3. The van der Waals surface area contributed by atoms with Gasteiger partial charge in [0.1, 0.15) is 5.60 Å². The van der Waals surface area contributed by atoms with Crippen LogP contribution in [0.3, 0.4) is 0 Å². The molecular weight excluding hydrogens is 336 g/mol. The van der Waals surface area contributed by atoms with E-state index in [-0.39, 0.29) is 6.09 Å². The summed E-state index contributed by atoms with van der Waals surface area (Å²) in [6.07, 6.45) is 4.63.